The van der Waals surface area contributed by atoms with Crippen LogP contribution in [0.2, 0.25) is 0 Å². The van der Waals surface area contributed by atoms with Gasteiger partial charge < -0.3 is 42.3 Å². The monoisotopic (exact) mass is 735 g/mol. The number of carbonyl (C=O) groups is 5. The Bertz CT molecular complexity index is 1730. The van der Waals surface area contributed by atoms with E-state index in [2.05, 4.69) is 26.3 Å². The van der Waals surface area contributed by atoms with Crippen LogP contribution in [0.25, 0.3) is 11.3 Å². The number of guanidine groups is 1. The number of nitrogens with two attached hydrogens (primary N) is 2. The molecule has 4 amide bonds. The molecule has 0 saturated carbocycles. The summed E-state index contributed by atoms with van der Waals surface area (Å²) < 4.78 is 19.4. The van der Waals surface area contributed by atoms with Crippen LogP contribution in [-0.4, -0.2) is 71.4 Å². The molecular formula is C38H50FN7O7. The normalized spacial score (nSPS) is 13.8. The molecule has 0 bridgehead atoms. The summed E-state index contributed by atoms with van der Waals surface area (Å²) in [6.45, 7) is 7.46. The largest absolute Gasteiger partial charge is 0.480 e. The number of hydrogen-bond acceptors (Lipinski definition) is 7. The molecule has 15 heteroatoms. The molecular weight excluding hydrogens is 685 g/mol. The number of nitrogens with zero attached hydrogens (tertiary/aromatic N) is 1. The van der Waals surface area contributed by atoms with E-state index in [0.29, 0.717) is 17.5 Å². The van der Waals surface area contributed by atoms with Crippen LogP contribution in [0.4, 0.5) is 4.39 Å². The van der Waals surface area contributed by atoms with E-state index in [0.717, 1.165) is 0 Å². The number of furan rings is 1. The molecule has 53 heavy (non-hydrogen) atoms. The summed E-state index contributed by atoms with van der Waals surface area (Å²) >= 11 is 0. The number of aliphatic imine (C=N–C) groups is 1. The number of rotatable bonds is 20. The van der Waals surface area contributed by atoms with Gasteiger partial charge in [-0.15, -0.1) is 0 Å². The Morgan fingerprint density at radius 2 is 1.51 bits per heavy atom. The second kappa shape index (κ2) is 20.3. The molecule has 14 nitrogen and oxygen atoms in total. The molecule has 0 saturated heterocycles. The van der Waals surface area contributed by atoms with E-state index >= 15 is 0 Å². The van der Waals surface area contributed by atoms with E-state index in [9.17, 15) is 33.5 Å². The maximum absolute atomic E-state index is 13.8. The zero-order valence-corrected chi connectivity index (χ0v) is 30.4. The third kappa shape index (κ3) is 13.4. The smallest absolute Gasteiger partial charge is 0.326 e. The molecule has 0 unspecified atom stereocenters. The average molecular weight is 736 g/mol. The Morgan fingerprint density at radius 3 is 2.13 bits per heavy atom. The van der Waals surface area contributed by atoms with Gasteiger partial charge in [-0.3, -0.25) is 24.2 Å². The van der Waals surface area contributed by atoms with Gasteiger partial charge in [0.05, 0.1) is 0 Å². The van der Waals surface area contributed by atoms with Crippen LogP contribution in [0, 0.1) is 17.7 Å². The van der Waals surface area contributed by atoms with E-state index in [1.165, 1.54) is 30.3 Å². The summed E-state index contributed by atoms with van der Waals surface area (Å²) in [5, 5.41) is 20.6. The quantitative estimate of drug-likeness (QED) is 0.0513. The first-order valence-corrected chi connectivity index (χ1v) is 17.6. The Hall–Kier alpha value is -5.73. The van der Waals surface area contributed by atoms with Gasteiger partial charge in [0.1, 0.15) is 35.7 Å². The van der Waals surface area contributed by atoms with Crippen molar-refractivity contribution in [2.24, 2.45) is 28.3 Å². The maximum Gasteiger partial charge on any atom is 0.326 e. The number of aliphatic carboxylic acids is 1. The molecule has 9 N–H and O–H groups in total. The van der Waals surface area contributed by atoms with Crippen LogP contribution in [0.5, 0.6) is 0 Å². The predicted octanol–water partition coefficient (Wildman–Crippen LogP) is 3.11. The highest BCUT2D eigenvalue weighted by atomic mass is 19.1. The minimum absolute atomic E-state index is 0.0372. The van der Waals surface area contributed by atoms with Gasteiger partial charge in [-0.1, -0.05) is 76.6 Å². The zero-order valence-electron chi connectivity index (χ0n) is 30.4. The minimum atomic E-state index is -1.25. The fourth-order valence-electron chi connectivity index (χ4n) is 5.50. The number of carbonyl (C=O) groups excluding carboxylic acids is 4. The molecule has 0 aliphatic heterocycles. The third-order valence-corrected chi connectivity index (χ3v) is 8.54. The lowest BCUT2D eigenvalue weighted by Gasteiger charge is -2.29. The highest BCUT2D eigenvalue weighted by Gasteiger charge is 2.34. The number of carboxylic acid groups (broad SMARTS) is 1. The van der Waals surface area contributed by atoms with Crippen molar-refractivity contribution in [3.05, 3.63) is 83.9 Å². The van der Waals surface area contributed by atoms with E-state index in [1.54, 1.807) is 43.3 Å². The number of benzene rings is 2. The summed E-state index contributed by atoms with van der Waals surface area (Å²) in [5.41, 5.74) is 12.0. The summed E-state index contributed by atoms with van der Waals surface area (Å²) in [6.07, 6.45) is 1.07. The van der Waals surface area contributed by atoms with Crippen LogP contribution in [0.3, 0.4) is 0 Å². The van der Waals surface area contributed by atoms with Gasteiger partial charge in [0.2, 0.25) is 17.7 Å². The standard InChI is InChI=1S/C38H50FN7O7/c1-5-23(4)32(36(50)45-29(37(51)52)20-24-11-7-6-8-12-24)46-34(48)28(19-22(2)3)44-33(47)27(15-10-18-42-38(40)41)43-35(49)31-17-16-30(53-31)25-13-9-14-26(39)21-25/h6-9,11-14,16-17,21-23,27-29,32H,5,10,15,18-20H2,1-4H3,(H,43,49)(H,44,47)(H,45,50)(H,46,48)(H,51,52)(H4,40,41,42)/t23-,27-,28-,29-,32-/m0/s1. The van der Waals surface area contributed by atoms with Crippen molar-refractivity contribution in [3.8, 4) is 11.3 Å². The molecule has 0 radical (unpaired) electrons. The maximum atomic E-state index is 13.8. The van der Waals surface area contributed by atoms with Crippen molar-refractivity contribution in [1.29, 1.82) is 0 Å². The Balaban J connectivity index is 1.79. The molecule has 5 atom stereocenters. The number of halogens is 1. The van der Waals surface area contributed by atoms with Crippen LogP contribution in [0.15, 0.2) is 76.1 Å². The fraction of sp³-hybridized carbons (Fsp3) is 0.421. The lowest BCUT2D eigenvalue weighted by Crippen LogP contribution is -2.59. The van der Waals surface area contributed by atoms with Crippen LogP contribution < -0.4 is 32.7 Å². The van der Waals surface area contributed by atoms with E-state index < -0.39 is 65.5 Å². The zero-order chi connectivity index (χ0) is 39.1. The number of carboxylic acids is 1. The van der Waals surface area contributed by atoms with Crippen molar-refractivity contribution >= 4 is 35.6 Å². The average Bonchev–Trinajstić information content (AvgIpc) is 3.61. The van der Waals surface area contributed by atoms with Crippen molar-refractivity contribution in [2.45, 2.75) is 84.0 Å². The second-order valence-corrected chi connectivity index (χ2v) is 13.3. The second-order valence-electron chi connectivity index (χ2n) is 13.3. The van der Waals surface area contributed by atoms with E-state index in [4.69, 9.17) is 15.9 Å². The van der Waals surface area contributed by atoms with Crippen LogP contribution >= 0.6 is 0 Å². The lowest BCUT2D eigenvalue weighted by atomic mass is 9.96. The van der Waals surface area contributed by atoms with Gasteiger partial charge in [-0.25, -0.2) is 9.18 Å². The molecule has 0 fully saturated rings. The molecule has 1 heterocycles. The van der Waals surface area contributed by atoms with Gasteiger partial charge in [0, 0.05) is 18.5 Å². The first-order chi connectivity index (χ1) is 25.2. The van der Waals surface area contributed by atoms with Crippen molar-refractivity contribution in [1.82, 2.24) is 21.3 Å². The summed E-state index contributed by atoms with van der Waals surface area (Å²) in [7, 11) is 0. The van der Waals surface area contributed by atoms with Gasteiger partial charge in [0.25, 0.3) is 5.91 Å². The molecule has 1 aromatic heterocycles. The first-order valence-electron chi connectivity index (χ1n) is 17.6. The van der Waals surface area contributed by atoms with E-state index in [-0.39, 0.29) is 55.6 Å². The fourth-order valence-corrected chi connectivity index (χ4v) is 5.50. The highest BCUT2D eigenvalue weighted by Crippen LogP contribution is 2.23. The third-order valence-electron chi connectivity index (χ3n) is 8.54. The van der Waals surface area contributed by atoms with Crippen LogP contribution in [0.1, 0.15) is 69.5 Å². The number of hydrogen-bond donors (Lipinski definition) is 7. The summed E-state index contributed by atoms with van der Waals surface area (Å²) in [5.74, 6) is -4.94. The molecule has 3 rings (SSSR count). The van der Waals surface area contributed by atoms with Gasteiger partial charge in [-0.05, 0) is 60.9 Å². The molecule has 3 aromatic rings. The molecule has 2 aromatic carbocycles. The van der Waals surface area contributed by atoms with Crippen molar-refractivity contribution < 1.29 is 37.9 Å². The minimum Gasteiger partial charge on any atom is -0.480 e. The molecule has 0 aliphatic carbocycles. The Labute approximate surface area is 308 Å². The van der Waals surface area contributed by atoms with E-state index in [1.807, 2.05) is 20.8 Å². The first kappa shape index (κ1) is 41.7. The Kier molecular flexibility index (Phi) is 16.0. The van der Waals surface area contributed by atoms with Gasteiger partial charge in [-0.2, -0.15) is 0 Å². The van der Waals surface area contributed by atoms with Crippen molar-refractivity contribution in [2.75, 3.05) is 6.54 Å². The molecule has 286 valence electrons. The number of amides is 4. The lowest BCUT2D eigenvalue weighted by molar-refractivity contribution is -0.142. The SMILES string of the molecule is CC[C@H](C)[C@H](NC(=O)[C@H](CC(C)C)NC(=O)[C@H](CCCN=C(N)N)NC(=O)c1ccc(-c2cccc(F)c2)o1)C(=O)N[C@@H](Cc1ccccc1)C(=O)O. The van der Waals surface area contributed by atoms with Crippen LogP contribution in [-0.2, 0) is 25.6 Å². The summed E-state index contributed by atoms with van der Waals surface area (Å²) in [6, 6.07) is 12.8. The van der Waals surface area contributed by atoms with Crippen molar-refractivity contribution in [3.63, 3.8) is 0 Å². The Morgan fingerprint density at radius 1 is 0.830 bits per heavy atom. The molecule has 0 aliphatic rings. The topological polar surface area (TPSA) is 231 Å². The van der Waals surface area contributed by atoms with Gasteiger partial charge in [0.15, 0.2) is 11.7 Å². The van der Waals surface area contributed by atoms with Gasteiger partial charge >= 0.3 is 5.97 Å². The highest BCUT2D eigenvalue weighted by molar-refractivity contribution is 5.98. The predicted molar refractivity (Wildman–Crippen MR) is 198 cm³/mol. The number of nitrogens with one attached hydrogen (secondary N) is 4. The molecule has 0 spiro atoms. The summed E-state index contributed by atoms with van der Waals surface area (Å²) in [4.78, 5) is 70.5.